The third-order valence-electron chi connectivity index (χ3n) is 5.00. The van der Waals surface area contributed by atoms with E-state index in [9.17, 15) is 8.42 Å². The lowest BCUT2D eigenvalue weighted by atomic mass is 10.1. The Morgan fingerprint density at radius 3 is 2.78 bits per heavy atom. The molecule has 0 spiro atoms. The van der Waals surface area contributed by atoms with Gasteiger partial charge in [-0.15, -0.1) is 0 Å². The first-order valence-corrected chi connectivity index (χ1v) is 9.81. The van der Waals surface area contributed by atoms with Crippen molar-refractivity contribution in [1.29, 1.82) is 0 Å². The van der Waals surface area contributed by atoms with Crippen molar-refractivity contribution in [1.82, 2.24) is 9.21 Å². The van der Waals surface area contributed by atoms with Crippen LogP contribution in [-0.2, 0) is 16.6 Å². The van der Waals surface area contributed by atoms with Crippen LogP contribution >= 0.6 is 0 Å². The molecule has 124 valence electrons. The first-order valence-electron chi connectivity index (χ1n) is 8.30. The van der Waals surface area contributed by atoms with Crippen LogP contribution < -0.4 is 0 Å². The minimum atomic E-state index is -3.11. The molecule has 3 heterocycles. The van der Waals surface area contributed by atoms with Gasteiger partial charge in [-0.2, -0.15) is 0 Å². The van der Waals surface area contributed by atoms with Crippen molar-refractivity contribution in [2.24, 2.45) is 0 Å². The van der Waals surface area contributed by atoms with E-state index in [0.29, 0.717) is 19.6 Å². The summed E-state index contributed by atoms with van der Waals surface area (Å²) in [5, 5.41) is 0.862. The van der Waals surface area contributed by atoms with Crippen molar-refractivity contribution >= 4 is 21.0 Å². The molecule has 1 aromatic carbocycles. The smallest absolute Gasteiger partial charge is 0.218 e. The lowest BCUT2D eigenvalue weighted by molar-refractivity contribution is 0.330. The lowest BCUT2D eigenvalue weighted by Gasteiger charge is -2.21. The van der Waals surface area contributed by atoms with Gasteiger partial charge in [-0.3, -0.25) is 4.90 Å². The van der Waals surface area contributed by atoms with E-state index in [1.54, 1.807) is 10.6 Å². The second-order valence-electron chi connectivity index (χ2n) is 6.59. The molecule has 1 aromatic heterocycles. The van der Waals surface area contributed by atoms with Gasteiger partial charge in [0.15, 0.2) is 0 Å². The first kappa shape index (κ1) is 15.2. The molecule has 0 aliphatic carbocycles. The van der Waals surface area contributed by atoms with E-state index in [2.05, 4.69) is 17.0 Å². The number of benzene rings is 1. The highest BCUT2D eigenvalue weighted by atomic mass is 32.2. The number of sulfonamides is 1. The number of rotatable bonds is 4. The Hall–Kier alpha value is -1.37. The number of likely N-dealkylation sites (tertiary alicyclic amines) is 1. The summed E-state index contributed by atoms with van der Waals surface area (Å²) in [6.45, 7) is 3.70. The minimum absolute atomic E-state index is 0.238. The second-order valence-corrected chi connectivity index (χ2v) is 8.80. The highest BCUT2D eigenvalue weighted by Gasteiger charge is 2.37. The maximum Gasteiger partial charge on any atom is 0.218 e. The van der Waals surface area contributed by atoms with Gasteiger partial charge in [0.2, 0.25) is 10.0 Å². The van der Waals surface area contributed by atoms with E-state index < -0.39 is 10.0 Å². The van der Waals surface area contributed by atoms with Gasteiger partial charge in [0.25, 0.3) is 0 Å². The van der Waals surface area contributed by atoms with Gasteiger partial charge in [0.1, 0.15) is 5.58 Å². The van der Waals surface area contributed by atoms with Crippen molar-refractivity contribution < 1.29 is 12.8 Å². The molecule has 0 amide bonds. The van der Waals surface area contributed by atoms with Gasteiger partial charge in [0, 0.05) is 31.6 Å². The summed E-state index contributed by atoms with van der Waals surface area (Å²) in [4.78, 5) is 2.25. The quantitative estimate of drug-likeness (QED) is 0.862. The molecular weight excluding hydrogens is 312 g/mol. The summed E-state index contributed by atoms with van der Waals surface area (Å²) in [6, 6.07) is 8.14. The van der Waals surface area contributed by atoms with Crippen LogP contribution in [0.3, 0.4) is 0 Å². The minimum Gasteiger partial charge on any atom is -0.464 e. The number of nitrogens with zero attached hydrogens (tertiary/aromatic N) is 2. The van der Waals surface area contributed by atoms with Crippen LogP contribution in [-0.4, -0.2) is 49.1 Å². The van der Waals surface area contributed by atoms with Gasteiger partial charge in [0.05, 0.1) is 11.5 Å². The number of fused-ring (bicyclic) bond motifs is 1. The highest BCUT2D eigenvalue weighted by Crippen LogP contribution is 2.25. The van der Waals surface area contributed by atoms with E-state index in [4.69, 9.17) is 4.42 Å². The van der Waals surface area contributed by atoms with Gasteiger partial charge in [-0.05, 0) is 49.6 Å². The van der Waals surface area contributed by atoms with Crippen LogP contribution in [0.4, 0.5) is 0 Å². The van der Waals surface area contributed by atoms with Crippen LogP contribution in [0.2, 0.25) is 0 Å². The molecule has 6 heteroatoms. The Bertz CT molecular complexity index is 793. The third kappa shape index (κ3) is 2.91. The van der Waals surface area contributed by atoms with Crippen LogP contribution in [0.15, 0.2) is 34.9 Å². The van der Waals surface area contributed by atoms with Crippen molar-refractivity contribution in [3.8, 4) is 0 Å². The van der Waals surface area contributed by atoms with E-state index in [-0.39, 0.29) is 5.25 Å². The van der Waals surface area contributed by atoms with E-state index >= 15 is 0 Å². The normalized spacial score (nSPS) is 23.9. The average Bonchev–Trinajstić information content (AvgIpc) is 3.28. The largest absolute Gasteiger partial charge is 0.464 e. The molecule has 2 aromatic rings. The van der Waals surface area contributed by atoms with E-state index in [1.807, 2.05) is 12.1 Å². The van der Waals surface area contributed by atoms with Crippen LogP contribution in [0, 0.1) is 0 Å². The summed E-state index contributed by atoms with van der Waals surface area (Å²) < 4.78 is 32.4. The third-order valence-corrected chi connectivity index (χ3v) is 7.31. The van der Waals surface area contributed by atoms with Crippen molar-refractivity contribution in [2.75, 3.05) is 26.2 Å². The predicted octanol–water partition coefficient (Wildman–Crippen LogP) is 2.43. The summed E-state index contributed by atoms with van der Waals surface area (Å²) in [6.07, 6.45) is 4.44. The molecule has 4 rings (SSSR count). The first-order chi connectivity index (χ1) is 11.1. The topological polar surface area (TPSA) is 53.8 Å². The zero-order chi connectivity index (χ0) is 15.9. The van der Waals surface area contributed by atoms with Crippen molar-refractivity contribution in [3.63, 3.8) is 0 Å². The zero-order valence-corrected chi connectivity index (χ0v) is 14.0. The monoisotopic (exact) mass is 334 g/mol. The molecule has 0 saturated carbocycles. The Labute approximate surface area is 136 Å². The van der Waals surface area contributed by atoms with Gasteiger partial charge in [-0.25, -0.2) is 12.7 Å². The predicted molar refractivity (Wildman–Crippen MR) is 89.6 cm³/mol. The van der Waals surface area contributed by atoms with Crippen LogP contribution in [0.1, 0.15) is 24.8 Å². The molecule has 1 atom stereocenters. The maximum atomic E-state index is 12.7. The summed E-state index contributed by atoms with van der Waals surface area (Å²) >= 11 is 0. The zero-order valence-electron chi connectivity index (χ0n) is 13.1. The lowest BCUT2D eigenvalue weighted by Crippen LogP contribution is -2.38. The molecule has 2 aliphatic heterocycles. The molecule has 2 aliphatic rings. The summed E-state index contributed by atoms with van der Waals surface area (Å²) in [5.41, 5.74) is 2.10. The van der Waals surface area contributed by atoms with E-state index in [1.165, 1.54) is 5.56 Å². The van der Waals surface area contributed by atoms with Crippen molar-refractivity contribution in [3.05, 3.63) is 36.1 Å². The molecule has 5 nitrogen and oxygen atoms in total. The fourth-order valence-corrected chi connectivity index (χ4v) is 5.70. The van der Waals surface area contributed by atoms with Crippen molar-refractivity contribution in [2.45, 2.75) is 31.1 Å². The molecule has 2 fully saturated rings. The SMILES string of the molecule is O=S(=O)(C1CCN(Cc2ccc3occc3c2)C1)N1CCCC1. The Morgan fingerprint density at radius 1 is 1.13 bits per heavy atom. The molecule has 0 N–H and O–H groups in total. The van der Waals surface area contributed by atoms with E-state index in [0.717, 1.165) is 43.3 Å². The molecule has 1 unspecified atom stereocenters. The Balaban J connectivity index is 1.43. The number of hydrogen-bond donors (Lipinski definition) is 0. The van der Waals surface area contributed by atoms with Crippen LogP contribution in [0.25, 0.3) is 11.0 Å². The standard InChI is InChI=1S/C17H22N2O3S/c20-23(21,19-7-1-2-8-19)16-5-9-18(13-16)12-14-3-4-17-15(11-14)6-10-22-17/h3-4,6,10-11,16H,1-2,5,7-9,12-13H2. The highest BCUT2D eigenvalue weighted by molar-refractivity contribution is 7.89. The molecule has 2 saturated heterocycles. The fraction of sp³-hybridized carbons (Fsp3) is 0.529. The second kappa shape index (κ2) is 5.92. The number of furan rings is 1. The molecule has 0 bridgehead atoms. The van der Waals surface area contributed by atoms with Gasteiger partial charge in [-0.1, -0.05) is 6.07 Å². The molecular formula is C17H22N2O3S. The summed E-state index contributed by atoms with van der Waals surface area (Å²) in [5.74, 6) is 0. The molecule has 23 heavy (non-hydrogen) atoms. The maximum absolute atomic E-state index is 12.7. The van der Waals surface area contributed by atoms with Gasteiger partial charge >= 0.3 is 0 Å². The number of hydrogen-bond acceptors (Lipinski definition) is 4. The van der Waals surface area contributed by atoms with Gasteiger partial charge < -0.3 is 4.42 Å². The Kier molecular flexibility index (Phi) is 3.91. The Morgan fingerprint density at radius 2 is 1.96 bits per heavy atom. The fourth-order valence-electron chi connectivity index (χ4n) is 3.71. The average molecular weight is 334 g/mol. The summed E-state index contributed by atoms with van der Waals surface area (Å²) in [7, 11) is -3.11. The molecule has 0 radical (unpaired) electrons. The van der Waals surface area contributed by atoms with Crippen LogP contribution in [0.5, 0.6) is 0 Å².